The molecule has 0 aromatic heterocycles. The van der Waals surface area contributed by atoms with Gasteiger partial charge in [-0.1, -0.05) is 71.6 Å². The topological polar surface area (TPSA) is 0 Å². The zero-order valence-electron chi connectivity index (χ0n) is 12.1. The van der Waals surface area contributed by atoms with Gasteiger partial charge in [0.2, 0.25) is 0 Å². The SMILES string of the molecule is CC(C)C1CCCCC1CCC1CCCCC1. The van der Waals surface area contributed by atoms with Crippen LogP contribution in [0.15, 0.2) is 0 Å². The van der Waals surface area contributed by atoms with Gasteiger partial charge < -0.3 is 0 Å². The summed E-state index contributed by atoms with van der Waals surface area (Å²) in [5.41, 5.74) is 0. The molecular formula is C17H32. The van der Waals surface area contributed by atoms with Gasteiger partial charge in [-0.3, -0.25) is 0 Å². The van der Waals surface area contributed by atoms with Crippen molar-refractivity contribution in [3.63, 3.8) is 0 Å². The summed E-state index contributed by atoms with van der Waals surface area (Å²) in [5, 5.41) is 0. The molecule has 0 bridgehead atoms. The summed E-state index contributed by atoms with van der Waals surface area (Å²) in [6.45, 7) is 4.90. The Morgan fingerprint density at radius 1 is 0.765 bits per heavy atom. The third-order valence-corrected chi connectivity index (χ3v) is 5.49. The number of hydrogen-bond acceptors (Lipinski definition) is 0. The highest BCUT2D eigenvalue weighted by Crippen LogP contribution is 2.39. The van der Waals surface area contributed by atoms with Gasteiger partial charge in [0.05, 0.1) is 0 Å². The molecule has 0 aromatic rings. The third-order valence-electron chi connectivity index (χ3n) is 5.49. The molecule has 2 fully saturated rings. The van der Waals surface area contributed by atoms with Crippen molar-refractivity contribution in [3.8, 4) is 0 Å². The molecule has 17 heavy (non-hydrogen) atoms. The monoisotopic (exact) mass is 236 g/mol. The fourth-order valence-electron chi connectivity index (χ4n) is 4.40. The van der Waals surface area contributed by atoms with Gasteiger partial charge in [-0.05, 0) is 36.5 Å². The van der Waals surface area contributed by atoms with E-state index < -0.39 is 0 Å². The Kier molecular flexibility index (Phi) is 5.38. The van der Waals surface area contributed by atoms with Crippen molar-refractivity contribution >= 4 is 0 Å². The Morgan fingerprint density at radius 3 is 2.12 bits per heavy atom. The smallest absolute Gasteiger partial charge is 0.0363 e. The van der Waals surface area contributed by atoms with E-state index in [2.05, 4.69) is 13.8 Å². The van der Waals surface area contributed by atoms with Gasteiger partial charge in [0.1, 0.15) is 0 Å². The lowest BCUT2D eigenvalue weighted by atomic mass is 9.70. The first-order valence-corrected chi connectivity index (χ1v) is 8.27. The lowest BCUT2D eigenvalue weighted by Crippen LogP contribution is -2.25. The molecule has 2 rings (SSSR count). The molecule has 2 saturated carbocycles. The predicted molar refractivity (Wildman–Crippen MR) is 76.1 cm³/mol. The van der Waals surface area contributed by atoms with E-state index in [0.717, 1.165) is 23.7 Å². The van der Waals surface area contributed by atoms with Gasteiger partial charge in [0.15, 0.2) is 0 Å². The zero-order valence-corrected chi connectivity index (χ0v) is 12.1. The standard InChI is InChI=1S/C17H32/c1-14(2)17-11-7-6-10-16(17)13-12-15-8-4-3-5-9-15/h14-17H,3-13H2,1-2H3. The first kappa shape index (κ1) is 13.4. The van der Waals surface area contributed by atoms with Crippen LogP contribution in [0.5, 0.6) is 0 Å². The summed E-state index contributed by atoms with van der Waals surface area (Å²) >= 11 is 0. The Labute approximate surface area is 109 Å². The number of rotatable bonds is 4. The fraction of sp³-hybridized carbons (Fsp3) is 1.00. The molecule has 0 N–H and O–H groups in total. The van der Waals surface area contributed by atoms with Crippen LogP contribution in [-0.2, 0) is 0 Å². The van der Waals surface area contributed by atoms with Crippen LogP contribution in [0, 0.1) is 23.7 Å². The highest BCUT2D eigenvalue weighted by molar-refractivity contribution is 4.79. The van der Waals surface area contributed by atoms with E-state index in [9.17, 15) is 0 Å². The molecule has 0 nitrogen and oxygen atoms in total. The molecule has 0 heteroatoms. The van der Waals surface area contributed by atoms with Crippen LogP contribution in [0.4, 0.5) is 0 Å². The molecule has 100 valence electrons. The first-order chi connectivity index (χ1) is 8.27. The molecule has 0 saturated heterocycles. The first-order valence-electron chi connectivity index (χ1n) is 8.27. The van der Waals surface area contributed by atoms with Crippen LogP contribution in [0.3, 0.4) is 0 Å². The van der Waals surface area contributed by atoms with Gasteiger partial charge in [0, 0.05) is 0 Å². The van der Waals surface area contributed by atoms with Crippen LogP contribution in [0.25, 0.3) is 0 Å². The predicted octanol–water partition coefficient (Wildman–Crippen LogP) is 5.81. The lowest BCUT2D eigenvalue weighted by Gasteiger charge is -2.35. The quantitative estimate of drug-likeness (QED) is 0.578. The maximum Gasteiger partial charge on any atom is -0.0363 e. The Balaban J connectivity index is 1.75. The summed E-state index contributed by atoms with van der Waals surface area (Å²) in [4.78, 5) is 0. The zero-order chi connectivity index (χ0) is 12.1. The third kappa shape index (κ3) is 4.00. The van der Waals surface area contributed by atoms with Crippen molar-refractivity contribution in [1.29, 1.82) is 0 Å². The average molecular weight is 236 g/mol. The second kappa shape index (κ2) is 6.81. The minimum atomic E-state index is 0.923. The van der Waals surface area contributed by atoms with Crippen molar-refractivity contribution in [2.75, 3.05) is 0 Å². The molecule has 0 heterocycles. The summed E-state index contributed by atoms with van der Waals surface area (Å²) in [7, 11) is 0. The van der Waals surface area contributed by atoms with E-state index in [-0.39, 0.29) is 0 Å². The highest BCUT2D eigenvalue weighted by Gasteiger charge is 2.27. The Hall–Kier alpha value is 0. The van der Waals surface area contributed by atoms with Crippen molar-refractivity contribution in [2.24, 2.45) is 23.7 Å². The Bertz CT molecular complexity index is 200. The van der Waals surface area contributed by atoms with Gasteiger partial charge in [-0.25, -0.2) is 0 Å². The summed E-state index contributed by atoms with van der Waals surface area (Å²) in [6, 6.07) is 0. The molecule has 0 spiro atoms. The van der Waals surface area contributed by atoms with Crippen LogP contribution in [0.1, 0.15) is 84.5 Å². The van der Waals surface area contributed by atoms with Crippen LogP contribution in [0.2, 0.25) is 0 Å². The van der Waals surface area contributed by atoms with Crippen molar-refractivity contribution < 1.29 is 0 Å². The minimum Gasteiger partial charge on any atom is -0.0625 e. The molecule has 0 aromatic carbocycles. The van der Waals surface area contributed by atoms with E-state index in [4.69, 9.17) is 0 Å². The van der Waals surface area contributed by atoms with Gasteiger partial charge in [-0.15, -0.1) is 0 Å². The normalized spacial score (nSPS) is 31.9. The maximum atomic E-state index is 2.45. The van der Waals surface area contributed by atoms with Gasteiger partial charge in [-0.2, -0.15) is 0 Å². The van der Waals surface area contributed by atoms with Crippen LogP contribution < -0.4 is 0 Å². The molecule has 2 aliphatic rings. The molecule has 2 aliphatic carbocycles. The lowest BCUT2D eigenvalue weighted by molar-refractivity contribution is 0.156. The van der Waals surface area contributed by atoms with E-state index in [1.54, 1.807) is 25.7 Å². The number of hydrogen-bond donors (Lipinski definition) is 0. The largest absolute Gasteiger partial charge is 0.0625 e. The van der Waals surface area contributed by atoms with Crippen molar-refractivity contribution in [1.82, 2.24) is 0 Å². The second-order valence-electron chi connectivity index (χ2n) is 7.03. The maximum absolute atomic E-state index is 2.45. The fourth-order valence-corrected chi connectivity index (χ4v) is 4.40. The van der Waals surface area contributed by atoms with Crippen LogP contribution >= 0.6 is 0 Å². The molecule has 0 amide bonds. The Morgan fingerprint density at radius 2 is 1.41 bits per heavy atom. The average Bonchev–Trinajstić information content (AvgIpc) is 2.38. The van der Waals surface area contributed by atoms with Crippen molar-refractivity contribution in [3.05, 3.63) is 0 Å². The van der Waals surface area contributed by atoms with Crippen molar-refractivity contribution in [2.45, 2.75) is 84.5 Å². The highest BCUT2D eigenvalue weighted by atomic mass is 14.3. The van der Waals surface area contributed by atoms with E-state index in [1.807, 2.05) is 0 Å². The van der Waals surface area contributed by atoms with E-state index in [1.165, 1.54) is 44.9 Å². The molecule has 2 unspecified atom stereocenters. The van der Waals surface area contributed by atoms with Gasteiger partial charge in [0.25, 0.3) is 0 Å². The second-order valence-corrected chi connectivity index (χ2v) is 7.03. The summed E-state index contributed by atoms with van der Waals surface area (Å²) < 4.78 is 0. The summed E-state index contributed by atoms with van der Waals surface area (Å²) in [6.07, 6.45) is 16.8. The van der Waals surface area contributed by atoms with Gasteiger partial charge >= 0.3 is 0 Å². The minimum absolute atomic E-state index is 0.923. The van der Waals surface area contributed by atoms with E-state index >= 15 is 0 Å². The molecular weight excluding hydrogens is 204 g/mol. The molecule has 0 aliphatic heterocycles. The van der Waals surface area contributed by atoms with E-state index in [0.29, 0.717) is 0 Å². The van der Waals surface area contributed by atoms with Crippen LogP contribution in [-0.4, -0.2) is 0 Å². The summed E-state index contributed by atoms with van der Waals surface area (Å²) in [5.74, 6) is 4.14. The molecule has 2 atom stereocenters. The molecule has 0 radical (unpaired) electrons.